The lowest BCUT2D eigenvalue weighted by molar-refractivity contribution is 0.0881. The molecule has 0 aliphatic heterocycles. The van der Waals surface area contributed by atoms with Crippen molar-refractivity contribution in [2.75, 3.05) is 0 Å². The molecule has 0 N–H and O–H groups in total. The minimum atomic E-state index is -0.546. The van der Waals surface area contributed by atoms with Gasteiger partial charge >= 0.3 is 0 Å². The van der Waals surface area contributed by atoms with Crippen LogP contribution in [0.25, 0.3) is 0 Å². The second kappa shape index (κ2) is 6.38. The molecule has 0 saturated carbocycles. The largest absolute Gasteiger partial charge is 0.342 e. The van der Waals surface area contributed by atoms with E-state index in [2.05, 4.69) is 11.8 Å². The van der Waals surface area contributed by atoms with Crippen molar-refractivity contribution >= 4 is 23.2 Å². The lowest BCUT2D eigenvalue weighted by Crippen LogP contribution is -2.11. The van der Waals surface area contributed by atoms with Crippen LogP contribution in [0.15, 0.2) is 0 Å². The molecular weight excluding hydrogens is 183 g/mol. The summed E-state index contributed by atoms with van der Waals surface area (Å²) >= 11 is 11.2. The van der Waals surface area contributed by atoms with Crippen molar-refractivity contribution in [1.82, 2.24) is 0 Å². The molecule has 3 heteroatoms. The van der Waals surface area contributed by atoms with Crippen LogP contribution in [0.1, 0.15) is 12.8 Å². The van der Waals surface area contributed by atoms with Gasteiger partial charge in [-0.05, 0) is 0 Å². The standard InChI is InChI=1S/C8H8Cl2O/c1-3-5-7(9)11-8(10)6-4-2/h1-2,7-8H,5-6H2. The average Bonchev–Trinajstić information content (AvgIpc) is 1.87. The Hall–Kier alpha value is -0.340. The normalized spacial score (nSPS) is 14.5. The molecule has 0 fully saturated rings. The molecule has 0 aromatic rings. The van der Waals surface area contributed by atoms with E-state index in [4.69, 9.17) is 40.8 Å². The summed E-state index contributed by atoms with van der Waals surface area (Å²) in [5, 5.41) is 0. The zero-order chi connectivity index (χ0) is 8.69. The third-order valence-electron chi connectivity index (χ3n) is 0.852. The molecule has 11 heavy (non-hydrogen) atoms. The highest BCUT2D eigenvalue weighted by atomic mass is 35.5. The molecule has 0 aromatic carbocycles. The molecule has 0 radical (unpaired) electrons. The molecule has 1 nitrogen and oxygen atoms in total. The molecule has 0 rings (SSSR count). The van der Waals surface area contributed by atoms with Gasteiger partial charge in [0.15, 0.2) is 0 Å². The third kappa shape index (κ3) is 6.07. The van der Waals surface area contributed by atoms with Gasteiger partial charge in [0.25, 0.3) is 0 Å². The predicted octanol–water partition coefficient (Wildman–Crippen LogP) is 2.18. The Morgan fingerprint density at radius 3 is 1.73 bits per heavy atom. The maximum atomic E-state index is 5.59. The number of halogens is 2. The molecule has 60 valence electrons. The van der Waals surface area contributed by atoms with Crippen molar-refractivity contribution in [3.63, 3.8) is 0 Å². The molecule has 2 atom stereocenters. The first kappa shape index (κ1) is 10.7. The molecule has 0 heterocycles. The molecule has 0 amide bonds. The van der Waals surface area contributed by atoms with Crippen LogP contribution < -0.4 is 0 Å². The Labute approximate surface area is 77.0 Å². The SMILES string of the molecule is C#CCC(Cl)OC(Cl)CC#C. The first-order valence-corrected chi connectivity index (χ1v) is 3.88. The van der Waals surface area contributed by atoms with Gasteiger partial charge in [-0.2, -0.15) is 0 Å². The average molecular weight is 191 g/mol. The van der Waals surface area contributed by atoms with Crippen molar-refractivity contribution in [3.8, 4) is 24.7 Å². The predicted molar refractivity (Wildman–Crippen MR) is 47.3 cm³/mol. The van der Waals surface area contributed by atoms with Crippen molar-refractivity contribution in [2.45, 2.75) is 24.0 Å². The Bertz CT molecular complexity index is 158. The van der Waals surface area contributed by atoms with Crippen LogP contribution in [0.5, 0.6) is 0 Å². The maximum absolute atomic E-state index is 5.59. The molecule has 0 saturated heterocycles. The quantitative estimate of drug-likeness (QED) is 0.488. The van der Waals surface area contributed by atoms with Crippen LogP contribution >= 0.6 is 23.2 Å². The zero-order valence-corrected chi connectivity index (χ0v) is 7.40. The third-order valence-corrected chi connectivity index (χ3v) is 1.37. The van der Waals surface area contributed by atoms with E-state index in [1.807, 2.05) is 0 Å². The summed E-state index contributed by atoms with van der Waals surface area (Å²) in [7, 11) is 0. The topological polar surface area (TPSA) is 9.23 Å². The fourth-order valence-corrected chi connectivity index (χ4v) is 0.921. The number of hydrogen-bond acceptors (Lipinski definition) is 1. The van der Waals surface area contributed by atoms with Crippen LogP contribution in [0.3, 0.4) is 0 Å². The van der Waals surface area contributed by atoms with E-state index >= 15 is 0 Å². The molecular formula is C8H8Cl2O. The van der Waals surface area contributed by atoms with Gasteiger partial charge in [-0.3, -0.25) is 0 Å². The van der Waals surface area contributed by atoms with E-state index in [0.717, 1.165) is 0 Å². The van der Waals surface area contributed by atoms with Gasteiger partial charge in [-0.1, -0.05) is 23.2 Å². The van der Waals surface area contributed by atoms with E-state index in [-0.39, 0.29) is 0 Å². The molecule has 0 bridgehead atoms. The van der Waals surface area contributed by atoms with Crippen LogP contribution in [-0.4, -0.2) is 11.1 Å². The minimum absolute atomic E-state index is 0.329. The van der Waals surface area contributed by atoms with Crippen molar-refractivity contribution in [1.29, 1.82) is 0 Å². The summed E-state index contributed by atoms with van der Waals surface area (Å²) in [5.41, 5.74) is -1.09. The van der Waals surface area contributed by atoms with E-state index in [1.165, 1.54) is 0 Å². The second-order valence-corrected chi connectivity index (χ2v) is 2.75. The van der Waals surface area contributed by atoms with Gasteiger partial charge in [-0.25, -0.2) is 0 Å². The molecule has 0 aromatic heterocycles. The maximum Gasteiger partial charge on any atom is 0.144 e. The number of terminal acetylenes is 2. The Balaban J connectivity index is 3.51. The van der Waals surface area contributed by atoms with E-state index < -0.39 is 11.1 Å². The first-order chi connectivity index (χ1) is 5.20. The van der Waals surface area contributed by atoms with E-state index in [0.29, 0.717) is 12.8 Å². The van der Waals surface area contributed by atoms with Gasteiger partial charge in [0, 0.05) is 12.8 Å². The van der Waals surface area contributed by atoms with E-state index in [9.17, 15) is 0 Å². The second-order valence-electron chi connectivity index (χ2n) is 1.77. The fraction of sp³-hybridized carbons (Fsp3) is 0.500. The summed E-state index contributed by atoms with van der Waals surface area (Å²) in [4.78, 5) is 0. The number of alkyl halides is 2. The lowest BCUT2D eigenvalue weighted by atomic mass is 10.4. The minimum Gasteiger partial charge on any atom is -0.342 e. The molecule has 0 aliphatic carbocycles. The summed E-state index contributed by atoms with van der Waals surface area (Å²) in [5.74, 6) is 4.70. The summed E-state index contributed by atoms with van der Waals surface area (Å²) in [6, 6.07) is 0. The van der Waals surface area contributed by atoms with Crippen LogP contribution in [0.4, 0.5) is 0 Å². The smallest absolute Gasteiger partial charge is 0.144 e. The summed E-state index contributed by atoms with van der Waals surface area (Å²) in [6.07, 6.45) is 10.6. The molecule has 0 aliphatic rings. The Morgan fingerprint density at radius 2 is 1.45 bits per heavy atom. The van der Waals surface area contributed by atoms with E-state index in [1.54, 1.807) is 0 Å². The Morgan fingerprint density at radius 1 is 1.09 bits per heavy atom. The van der Waals surface area contributed by atoms with Gasteiger partial charge in [0.2, 0.25) is 0 Å². The van der Waals surface area contributed by atoms with Crippen LogP contribution in [0.2, 0.25) is 0 Å². The number of hydrogen-bond donors (Lipinski definition) is 0. The highest BCUT2D eigenvalue weighted by Crippen LogP contribution is 2.11. The molecule has 0 spiro atoms. The highest BCUT2D eigenvalue weighted by molar-refractivity contribution is 6.21. The van der Waals surface area contributed by atoms with Crippen LogP contribution in [-0.2, 0) is 4.74 Å². The van der Waals surface area contributed by atoms with Crippen molar-refractivity contribution < 1.29 is 4.74 Å². The lowest BCUT2D eigenvalue weighted by Gasteiger charge is -2.11. The van der Waals surface area contributed by atoms with Gasteiger partial charge < -0.3 is 4.74 Å². The van der Waals surface area contributed by atoms with Crippen LogP contribution in [0, 0.1) is 24.7 Å². The van der Waals surface area contributed by atoms with Gasteiger partial charge in [0.05, 0.1) is 0 Å². The number of rotatable bonds is 4. The monoisotopic (exact) mass is 190 g/mol. The van der Waals surface area contributed by atoms with Gasteiger partial charge in [-0.15, -0.1) is 24.7 Å². The number of ether oxygens (including phenoxy) is 1. The van der Waals surface area contributed by atoms with Crippen molar-refractivity contribution in [2.24, 2.45) is 0 Å². The Kier molecular flexibility index (Phi) is 6.18. The van der Waals surface area contributed by atoms with Crippen molar-refractivity contribution in [3.05, 3.63) is 0 Å². The highest BCUT2D eigenvalue weighted by Gasteiger charge is 2.09. The molecule has 2 unspecified atom stereocenters. The fourth-order valence-electron chi connectivity index (χ4n) is 0.442. The first-order valence-electron chi connectivity index (χ1n) is 3.01. The summed E-state index contributed by atoms with van der Waals surface area (Å²) in [6.45, 7) is 0. The zero-order valence-electron chi connectivity index (χ0n) is 5.89. The van der Waals surface area contributed by atoms with Gasteiger partial charge in [0.1, 0.15) is 11.1 Å². The summed E-state index contributed by atoms with van der Waals surface area (Å²) < 4.78 is 4.98.